The molecule has 0 saturated carbocycles. The number of hydrogen-bond donors (Lipinski definition) is 1. The van der Waals surface area contributed by atoms with Gasteiger partial charge in [0.25, 0.3) is 0 Å². The van der Waals surface area contributed by atoms with E-state index in [0.717, 1.165) is 32.4 Å². The van der Waals surface area contributed by atoms with E-state index in [1.54, 1.807) is 12.1 Å². The fraction of sp³-hybridized carbons (Fsp3) is 0.533. The van der Waals surface area contributed by atoms with Crippen LogP contribution in [0.25, 0.3) is 0 Å². The van der Waals surface area contributed by atoms with Gasteiger partial charge in [-0.3, -0.25) is 4.79 Å². The van der Waals surface area contributed by atoms with E-state index < -0.39 is 6.61 Å². The maximum atomic E-state index is 12.0. The molecule has 1 unspecified atom stereocenters. The second kappa shape index (κ2) is 7.93. The maximum absolute atomic E-state index is 12.0. The SMILES string of the molecule is O=C(CCC1CCC[N]C1)Nc1ccc(OC(F)F)cc1. The van der Waals surface area contributed by atoms with Crippen molar-refractivity contribution in [1.29, 1.82) is 0 Å². The number of nitrogens with one attached hydrogen (secondary N) is 1. The van der Waals surface area contributed by atoms with Gasteiger partial charge in [-0.25, -0.2) is 5.32 Å². The van der Waals surface area contributed by atoms with Crippen LogP contribution in [0.3, 0.4) is 0 Å². The molecule has 1 aliphatic heterocycles. The number of carbonyl (C=O) groups excluding carboxylic acids is 1. The molecule has 21 heavy (non-hydrogen) atoms. The second-order valence-electron chi connectivity index (χ2n) is 5.13. The standard InChI is InChI=1S/C15H19F2N2O2/c16-15(17)21-13-6-4-12(5-7-13)19-14(20)8-3-11-2-1-9-18-10-11/h4-7,11,15H,1-3,8-10H2,(H,19,20). The molecule has 1 atom stereocenters. The summed E-state index contributed by atoms with van der Waals surface area (Å²) in [6.45, 7) is -1.05. The van der Waals surface area contributed by atoms with Crippen LogP contribution >= 0.6 is 0 Å². The molecule has 1 heterocycles. The van der Waals surface area contributed by atoms with E-state index in [2.05, 4.69) is 15.4 Å². The molecule has 1 aromatic rings. The molecule has 1 aliphatic rings. The molecule has 0 bridgehead atoms. The van der Waals surface area contributed by atoms with Gasteiger partial charge in [0, 0.05) is 25.2 Å². The molecule has 1 radical (unpaired) electrons. The zero-order valence-electron chi connectivity index (χ0n) is 11.7. The molecule has 0 aromatic heterocycles. The first-order chi connectivity index (χ1) is 10.1. The molecule has 115 valence electrons. The van der Waals surface area contributed by atoms with Crippen molar-refractivity contribution in [1.82, 2.24) is 5.32 Å². The highest BCUT2D eigenvalue weighted by Gasteiger charge is 2.15. The zero-order valence-corrected chi connectivity index (χ0v) is 11.7. The summed E-state index contributed by atoms with van der Waals surface area (Å²) in [5.74, 6) is 0.515. The Labute approximate surface area is 122 Å². The number of carbonyl (C=O) groups is 1. The minimum Gasteiger partial charge on any atom is -0.435 e. The van der Waals surface area contributed by atoms with Crippen LogP contribution in [-0.2, 0) is 4.79 Å². The Morgan fingerprint density at radius 1 is 1.38 bits per heavy atom. The van der Waals surface area contributed by atoms with Crippen LogP contribution in [-0.4, -0.2) is 25.6 Å². The molecule has 1 aromatic carbocycles. The van der Waals surface area contributed by atoms with E-state index in [-0.39, 0.29) is 11.7 Å². The average Bonchev–Trinajstić information content (AvgIpc) is 2.48. The molecule has 1 fully saturated rings. The van der Waals surface area contributed by atoms with Gasteiger partial charge in [-0.05, 0) is 49.4 Å². The van der Waals surface area contributed by atoms with Crippen molar-refractivity contribution in [3.05, 3.63) is 24.3 Å². The molecule has 1 saturated heterocycles. The van der Waals surface area contributed by atoms with Crippen LogP contribution < -0.4 is 15.4 Å². The predicted molar refractivity (Wildman–Crippen MR) is 75.5 cm³/mol. The van der Waals surface area contributed by atoms with Gasteiger partial charge < -0.3 is 10.1 Å². The summed E-state index contributed by atoms with van der Waals surface area (Å²) < 4.78 is 28.3. The Morgan fingerprint density at radius 3 is 2.76 bits per heavy atom. The zero-order chi connectivity index (χ0) is 15.1. The number of nitrogens with zero attached hydrogens (tertiary/aromatic N) is 1. The van der Waals surface area contributed by atoms with Crippen LogP contribution in [0, 0.1) is 5.92 Å². The Bertz CT molecular complexity index is 445. The molecule has 2 rings (SSSR count). The van der Waals surface area contributed by atoms with Crippen molar-refractivity contribution in [2.45, 2.75) is 32.3 Å². The normalized spacial score (nSPS) is 18.5. The lowest BCUT2D eigenvalue weighted by Gasteiger charge is -2.20. The van der Waals surface area contributed by atoms with E-state index in [0.29, 0.717) is 18.0 Å². The number of alkyl halides is 2. The van der Waals surface area contributed by atoms with Gasteiger partial charge in [-0.2, -0.15) is 8.78 Å². The number of piperidine rings is 1. The smallest absolute Gasteiger partial charge is 0.387 e. The molecule has 4 nitrogen and oxygen atoms in total. The molecular formula is C15H19F2N2O2. The van der Waals surface area contributed by atoms with Crippen LogP contribution in [0.15, 0.2) is 24.3 Å². The number of amides is 1. The van der Waals surface area contributed by atoms with Crippen molar-refractivity contribution in [3.63, 3.8) is 0 Å². The Morgan fingerprint density at radius 2 is 2.14 bits per heavy atom. The largest absolute Gasteiger partial charge is 0.435 e. The minimum absolute atomic E-state index is 0.0666. The van der Waals surface area contributed by atoms with Crippen LogP contribution in [0.2, 0.25) is 0 Å². The molecular weight excluding hydrogens is 278 g/mol. The molecule has 0 aliphatic carbocycles. The van der Waals surface area contributed by atoms with Crippen molar-refractivity contribution < 1.29 is 18.3 Å². The van der Waals surface area contributed by atoms with Gasteiger partial charge in [-0.15, -0.1) is 0 Å². The topological polar surface area (TPSA) is 52.4 Å². The second-order valence-corrected chi connectivity index (χ2v) is 5.13. The average molecular weight is 297 g/mol. The van der Waals surface area contributed by atoms with Gasteiger partial charge in [0.05, 0.1) is 0 Å². The van der Waals surface area contributed by atoms with Crippen molar-refractivity contribution in [3.8, 4) is 5.75 Å². The summed E-state index contributed by atoms with van der Waals surface area (Å²) in [7, 11) is 0. The first-order valence-corrected chi connectivity index (χ1v) is 7.11. The van der Waals surface area contributed by atoms with Crippen LogP contribution in [0.5, 0.6) is 5.75 Å². The minimum atomic E-state index is -2.84. The summed E-state index contributed by atoms with van der Waals surface area (Å²) in [6, 6.07) is 5.90. The first-order valence-electron chi connectivity index (χ1n) is 7.11. The highest BCUT2D eigenvalue weighted by Crippen LogP contribution is 2.19. The lowest BCUT2D eigenvalue weighted by atomic mass is 9.94. The fourth-order valence-electron chi connectivity index (χ4n) is 2.37. The number of anilines is 1. The van der Waals surface area contributed by atoms with E-state index in [9.17, 15) is 13.6 Å². The van der Waals surface area contributed by atoms with Gasteiger partial charge in [-0.1, -0.05) is 0 Å². The highest BCUT2D eigenvalue weighted by molar-refractivity contribution is 5.90. The van der Waals surface area contributed by atoms with Crippen molar-refractivity contribution >= 4 is 11.6 Å². The van der Waals surface area contributed by atoms with Gasteiger partial charge in [0.2, 0.25) is 5.91 Å². The third-order valence-electron chi connectivity index (χ3n) is 3.46. The van der Waals surface area contributed by atoms with Crippen molar-refractivity contribution in [2.75, 3.05) is 18.4 Å². The quantitative estimate of drug-likeness (QED) is 0.877. The van der Waals surface area contributed by atoms with Gasteiger partial charge in [0.1, 0.15) is 5.75 Å². The summed E-state index contributed by atoms with van der Waals surface area (Å²) in [5.41, 5.74) is 0.579. The summed E-state index contributed by atoms with van der Waals surface area (Å²) >= 11 is 0. The molecule has 6 heteroatoms. The lowest BCUT2D eigenvalue weighted by Crippen LogP contribution is -2.25. The Balaban J connectivity index is 1.74. The van der Waals surface area contributed by atoms with E-state index in [1.807, 2.05) is 0 Å². The molecule has 1 amide bonds. The van der Waals surface area contributed by atoms with Crippen LogP contribution in [0.4, 0.5) is 14.5 Å². The third-order valence-corrected chi connectivity index (χ3v) is 3.46. The highest BCUT2D eigenvalue weighted by atomic mass is 19.3. The Hall–Kier alpha value is -1.69. The molecule has 1 N–H and O–H groups in total. The van der Waals surface area contributed by atoms with Crippen LogP contribution in [0.1, 0.15) is 25.7 Å². The number of rotatable bonds is 6. The maximum Gasteiger partial charge on any atom is 0.387 e. The summed E-state index contributed by atoms with van der Waals surface area (Å²) in [5, 5.41) is 7.10. The number of halogens is 2. The van der Waals surface area contributed by atoms with Gasteiger partial charge in [0.15, 0.2) is 0 Å². The summed E-state index contributed by atoms with van der Waals surface area (Å²) in [4.78, 5) is 11.8. The first kappa shape index (κ1) is 15.7. The van der Waals surface area contributed by atoms with Crippen molar-refractivity contribution in [2.24, 2.45) is 5.92 Å². The van der Waals surface area contributed by atoms with E-state index >= 15 is 0 Å². The number of ether oxygens (including phenoxy) is 1. The van der Waals surface area contributed by atoms with E-state index in [4.69, 9.17) is 0 Å². The monoisotopic (exact) mass is 297 g/mol. The Kier molecular flexibility index (Phi) is 5.92. The molecule has 0 spiro atoms. The number of hydrogen-bond acceptors (Lipinski definition) is 2. The number of benzene rings is 1. The van der Waals surface area contributed by atoms with Gasteiger partial charge >= 0.3 is 6.61 Å². The third kappa shape index (κ3) is 5.67. The predicted octanol–water partition coefficient (Wildman–Crippen LogP) is 3.02. The summed E-state index contributed by atoms with van der Waals surface area (Å²) in [6.07, 6.45) is 3.53. The van der Waals surface area contributed by atoms with E-state index in [1.165, 1.54) is 12.1 Å². The fourth-order valence-corrected chi connectivity index (χ4v) is 2.37. The lowest BCUT2D eigenvalue weighted by molar-refractivity contribution is -0.116.